The Balaban J connectivity index is 1.65. The molecule has 2 aromatic rings. The van der Waals surface area contributed by atoms with Crippen LogP contribution in [0.15, 0.2) is 30.6 Å². The van der Waals surface area contributed by atoms with Gasteiger partial charge in [-0.25, -0.2) is 0 Å². The number of carbonyl (C=O) groups excluding carboxylic acids is 2. The van der Waals surface area contributed by atoms with Gasteiger partial charge < -0.3 is 9.64 Å². The fourth-order valence-corrected chi connectivity index (χ4v) is 3.13. The van der Waals surface area contributed by atoms with E-state index >= 15 is 0 Å². The summed E-state index contributed by atoms with van der Waals surface area (Å²) in [5.41, 5.74) is 0.625. The number of carbonyl (C=O) groups is 2. The van der Waals surface area contributed by atoms with E-state index in [1.807, 2.05) is 26.0 Å². The summed E-state index contributed by atoms with van der Waals surface area (Å²) in [5.74, 6) is 0.436. The molecule has 0 bridgehead atoms. The molecule has 0 spiro atoms. The van der Waals surface area contributed by atoms with Crippen LogP contribution in [0.4, 0.5) is 0 Å². The number of rotatable bonds is 6. The van der Waals surface area contributed by atoms with Crippen LogP contribution in [-0.2, 0) is 11.3 Å². The van der Waals surface area contributed by atoms with Crippen LogP contribution >= 0.6 is 0 Å². The van der Waals surface area contributed by atoms with Crippen LogP contribution in [0, 0.1) is 5.92 Å². The molecule has 1 aliphatic heterocycles. The quantitative estimate of drug-likeness (QED) is 0.729. The molecule has 1 fully saturated rings. The summed E-state index contributed by atoms with van der Waals surface area (Å²) in [6, 6.07) is 7.25. The minimum Gasteiger partial charge on any atom is -0.491 e. The molecule has 0 radical (unpaired) electrons. The highest BCUT2D eigenvalue weighted by Gasteiger charge is 2.29. The van der Waals surface area contributed by atoms with Gasteiger partial charge in [0.2, 0.25) is 5.91 Å². The van der Waals surface area contributed by atoms with E-state index in [9.17, 15) is 9.59 Å². The number of ketones is 1. The Bertz CT molecular complexity index is 760. The lowest BCUT2D eigenvalue weighted by Gasteiger charge is -2.32. The molecular formula is C18H23N5O3. The van der Waals surface area contributed by atoms with Gasteiger partial charge in [-0.2, -0.15) is 4.80 Å². The number of hydrogen-bond acceptors (Lipinski definition) is 6. The van der Waals surface area contributed by atoms with Crippen molar-refractivity contribution in [3.8, 4) is 5.75 Å². The lowest BCUT2D eigenvalue weighted by atomic mass is 9.90. The highest BCUT2D eigenvalue weighted by Crippen LogP contribution is 2.23. The molecule has 0 saturated carbocycles. The molecule has 1 aromatic carbocycles. The lowest BCUT2D eigenvalue weighted by molar-refractivity contribution is -0.133. The Morgan fingerprint density at radius 2 is 2.19 bits per heavy atom. The highest BCUT2D eigenvalue weighted by atomic mass is 16.5. The van der Waals surface area contributed by atoms with Crippen LogP contribution in [0.1, 0.15) is 37.0 Å². The van der Waals surface area contributed by atoms with Crippen molar-refractivity contribution in [3.63, 3.8) is 0 Å². The van der Waals surface area contributed by atoms with Gasteiger partial charge in [0.25, 0.3) is 0 Å². The largest absolute Gasteiger partial charge is 0.491 e. The number of piperidine rings is 1. The molecule has 8 heteroatoms. The Kier molecular flexibility index (Phi) is 5.60. The van der Waals surface area contributed by atoms with Gasteiger partial charge in [-0.05, 0) is 44.0 Å². The van der Waals surface area contributed by atoms with Crippen LogP contribution in [0.25, 0.3) is 0 Å². The van der Waals surface area contributed by atoms with Gasteiger partial charge in [0.15, 0.2) is 12.1 Å². The molecule has 0 unspecified atom stereocenters. The van der Waals surface area contributed by atoms with Crippen LogP contribution in [-0.4, -0.2) is 56.0 Å². The van der Waals surface area contributed by atoms with Crippen molar-refractivity contribution in [2.75, 3.05) is 13.1 Å². The van der Waals surface area contributed by atoms with Gasteiger partial charge in [0.05, 0.1) is 6.10 Å². The lowest BCUT2D eigenvalue weighted by Crippen LogP contribution is -2.43. The highest BCUT2D eigenvalue weighted by molar-refractivity contribution is 5.98. The monoisotopic (exact) mass is 357 g/mol. The van der Waals surface area contributed by atoms with E-state index in [0.717, 1.165) is 12.8 Å². The summed E-state index contributed by atoms with van der Waals surface area (Å²) < 4.78 is 5.67. The summed E-state index contributed by atoms with van der Waals surface area (Å²) in [4.78, 5) is 28.3. The van der Waals surface area contributed by atoms with Gasteiger partial charge in [0.1, 0.15) is 12.3 Å². The molecular weight excluding hydrogens is 334 g/mol. The maximum atomic E-state index is 12.9. The van der Waals surface area contributed by atoms with Crippen molar-refractivity contribution in [1.29, 1.82) is 0 Å². The number of likely N-dealkylation sites (tertiary alicyclic amines) is 1. The fraction of sp³-hybridized carbons (Fsp3) is 0.500. The van der Waals surface area contributed by atoms with Crippen molar-refractivity contribution in [3.05, 3.63) is 36.2 Å². The third-order valence-corrected chi connectivity index (χ3v) is 4.30. The molecule has 0 aliphatic carbocycles. The van der Waals surface area contributed by atoms with Gasteiger partial charge >= 0.3 is 0 Å². The molecule has 8 nitrogen and oxygen atoms in total. The Labute approximate surface area is 152 Å². The predicted octanol–water partition coefficient (Wildman–Crippen LogP) is 1.58. The van der Waals surface area contributed by atoms with E-state index in [0.29, 0.717) is 24.4 Å². The standard InChI is InChI=1S/C18H23N5O3/c1-13(2)26-16-7-3-5-14(9-16)18(25)15-6-4-8-22(10-15)17(24)11-23-20-12-19-21-23/h3,5,7,9,12-13,15H,4,6,8,10-11H2,1-2H3/t15-/m0/s1. The zero-order valence-electron chi connectivity index (χ0n) is 15.0. The molecule has 0 N–H and O–H groups in total. The first-order valence-corrected chi connectivity index (χ1v) is 8.82. The van der Waals surface area contributed by atoms with Crippen molar-refractivity contribution in [2.24, 2.45) is 5.92 Å². The third kappa shape index (κ3) is 4.44. The zero-order valence-corrected chi connectivity index (χ0v) is 15.0. The minimum absolute atomic E-state index is 0.0403. The first-order chi connectivity index (χ1) is 12.5. The first-order valence-electron chi connectivity index (χ1n) is 8.82. The van der Waals surface area contributed by atoms with E-state index < -0.39 is 0 Å². The zero-order chi connectivity index (χ0) is 18.5. The Hall–Kier alpha value is -2.77. The second kappa shape index (κ2) is 8.07. The number of benzene rings is 1. The molecule has 3 rings (SSSR count). The molecule has 1 aromatic heterocycles. The number of Topliss-reactive ketones (excluding diaryl/α,β-unsaturated/α-hetero) is 1. The molecule has 138 valence electrons. The summed E-state index contributed by atoms with van der Waals surface area (Å²) in [7, 11) is 0. The molecule has 1 amide bonds. The predicted molar refractivity (Wildman–Crippen MR) is 93.7 cm³/mol. The van der Waals surface area contributed by atoms with Crippen molar-refractivity contribution < 1.29 is 14.3 Å². The molecule has 26 heavy (non-hydrogen) atoms. The van der Waals surface area contributed by atoms with Crippen LogP contribution in [0.2, 0.25) is 0 Å². The van der Waals surface area contributed by atoms with Gasteiger partial charge in [-0.15, -0.1) is 10.2 Å². The first kappa shape index (κ1) is 18.0. The fourth-order valence-electron chi connectivity index (χ4n) is 3.13. The molecule has 1 atom stereocenters. The maximum Gasteiger partial charge on any atom is 0.246 e. The van der Waals surface area contributed by atoms with E-state index in [1.165, 1.54) is 11.1 Å². The van der Waals surface area contributed by atoms with E-state index in [1.54, 1.807) is 17.0 Å². The maximum absolute atomic E-state index is 12.9. The van der Waals surface area contributed by atoms with Gasteiger partial charge in [-0.1, -0.05) is 12.1 Å². The van der Waals surface area contributed by atoms with Crippen LogP contribution in [0.5, 0.6) is 5.75 Å². The summed E-state index contributed by atoms with van der Waals surface area (Å²) in [6.45, 7) is 5.00. The van der Waals surface area contributed by atoms with E-state index in [-0.39, 0.29) is 30.3 Å². The number of tetrazole rings is 1. The Morgan fingerprint density at radius 1 is 1.35 bits per heavy atom. The number of ether oxygens (including phenoxy) is 1. The summed E-state index contributed by atoms with van der Waals surface area (Å²) in [5, 5.41) is 11.2. The van der Waals surface area contributed by atoms with Gasteiger partial charge in [-0.3, -0.25) is 9.59 Å². The number of nitrogens with zero attached hydrogens (tertiary/aromatic N) is 5. The number of hydrogen-bond donors (Lipinski definition) is 0. The summed E-state index contributed by atoms with van der Waals surface area (Å²) >= 11 is 0. The Morgan fingerprint density at radius 3 is 2.92 bits per heavy atom. The van der Waals surface area contributed by atoms with Crippen molar-refractivity contribution in [1.82, 2.24) is 25.1 Å². The van der Waals surface area contributed by atoms with Crippen molar-refractivity contribution in [2.45, 2.75) is 39.3 Å². The smallest absolute Gasteiger partial charge is 0.246 e. The van der Waals surface area contributed by atoms with E-state index in [4.69, 9.17) is 4.74 Å². The molecule has 1 saturated heterocycles. The minimum atomic E-state index is -0.203. The van der Waals surface area contributed by atoms with Crippen LogP contribution in [0.3, 0.4) is 0 Å². The summed E-state index contributed by atoms with van der Waals surface area (Å²) in [6.07, 6.45) is 2.92. The van der Waals surface area contributed by atoms with Crippen molar-refractivity contribution >= 4 is 11.7 Å². The number of amides is 1. The number of aromatic nitrogens is 4. The SMILES string of the molecule is CC(C)Oc1cccc(C(=O)[C@H]2CCCN(C(=O)Cn3ncnn3)C2)c1. The second-order valence-electron chi connectivity index (χ2n) is 6.70. The van der Waals surface area contributed by atoms with E-state index in [2.05, 4.69) is 15.4 Å². The average molecular weight is 357 g/mol. The molecule has 1 aliphatic rings. The van der Waals surface area contributed by atoms with Crippen LogP contribution < -0.4 is 4.74 Å². The average Bonchev–Trinajstić information content (AvgIpc) is 3.14. The normalized spacial score (nSPS) is 17.3. The van der Waals surface area contributed by atoms with Gasteiger partial charge in [0, 0.05) is 24.6 Å². The topological polar surface area (TPSA) is 90.2 Å². The second-order valence-corrected chi connectivity index (χ2v) is 6.70. The third-order valence-electron chi connectivity index (χ3n) is 4.30. The molecule has 2 heterocycles.